The Hall–Kier alpha value is -3.46. The van der Waals surface area contributed by atoms with E-state index in [1.165, 1.54) is 10.9 Å². The molecule has 1 N–H and O–H groups in total. The number of methoxy groups -OCH3 is 1. The number of hydrogen-bond acceptors (Lipinski definition) is 5. The Morgan fingerprint density at radius 3 is 2.59 bits per heavy atom. The Morgan fingerprint density at radius 2 is 1.76 bits per heavy atom. The van der Waals surface area contributed by atoms with Gasteiger partial charge in [0, 0.05) is 45.4 Å². The van der Waals surface area contributed by atoms with Crippen molar-refractivity contribution in [3.05, 3.63) is 72.2 Å². The first-order valence-electron chi connectivity index (χ1n) is 14.7. The van der Waals surface area contributed by atoms with E-state index in [4.69, 9.17) is 14.3 Å². The summed E-state index contributed by atoms with van der Waals surface area (Å²) >= 11 is 0. The summed E-state index contributed by atoms with van der Waals surface area (Å²) in [6.07, 6.45) is 9.73. The molecule has 41 heavy (non-hydrogen) atoms. The number of anilines is 1. The summed E-state index contributed by atoms with van der Waals surface area (Å²) in [5.41, 5.74) is 5.99. The molecule has 0 spiro atoms. The molecule has 2 aromatic carbocycles. The normalized spacial score (nSPS) is 14.0. The summed E-state index contributed by atoms with van der Waals surface area (Å²) in [6, 6.07) is 18.9. The zero-order valence-corrected chi connectivity index (χ0v) is 25.1. The van der Waals surface area contributed by atoms with E-state index in [1.807, 2.05) is 25.2 Å². The zero-order valence-electron chi connectivity index (χ0n) is 25.1. The Bertz CT molecular complexity index is 1320. The van der Waals surface area contributed by atoms with Crippen molar-refractivity contribution in [3.8, 4) is 5.75 Å². The fourth-order valence-electron chi connectivity index (χ4n) is 5.24. The van der Waals surface area contributed by atoms with Crippen molar-refractivity contribution in [1.82, 2.24) is 5.48 Å². The van der Waals surface area contributed by atoms with Gasteiger partial charge >= 0.3 is 0 Å². The van der Waals surface area contributed by atoms with Gasteiger partial charge in [0.1, 0.15) is 0 Å². The quantitative estimate of drug-likeness (QED) is 0.114. The second-order valence-corrected chi connectivity index (χ2v) is 11.4. The number of aromatic nitrogens is 1. The maximum absolute atomic E-state index is 11.6. The highest BCUT2D eigenvalue weighted by Gasteiger charge is 2.23. The maximum atomic E-state index is 11.6. The SMILES string of the molecule is COCCCC(=O)NOCCCCC[N+](C)(C)CCC[n+]1ccc(/C=C2\Oc3ccccc3N2C)c2ccccc21. The van der Waals surface area contributed by atoms with Crippen molar-refractivity contribution in [2.45, 2.75) is 45.1 Å². The van der Waals surface area contributed by atoms with Crippen molar-refractivity contribution < 1.29 is 28.2 Å². The van der Waals surface area contributed by atoms with Gasteiger partial charge in [0.15, 0.2) is 18.5 Å². The molecule has 220 valence electrons. The number of fused-ring (bicyclic) bond motifs is 2. The number of aryl methyl sites for hydroxylation is 1. The van der Waals surface area contributed by atoms with E-state index in [0.29, 0.717) is 26.1 Å². The fourth-order valence-corrected chi connectivity index (χ4v) is 5.24. The number of unbranched alkanes of at least 4 members (excludes halogenated alkanes) is 2. The Morgan fingerprint density at radius 1 is 0.976 bits per heavy atom. The first kappa shape index (κ1) is 30.5. The molecule has 1 amide bonds. The minimum atomic E-state index is -0.0847. The Balaban J connectivity index is 1.23. The van der Waals surface area contributed by atoms with Gasteiger partial charge in [0.2, 0.25) is 17.3 Å². The topological polar surface area (TPSA) is 63.9 Å². The van der Waals surface area contributed by atoms with E-state index >= 15 is 0 Å². The summed E-state index contributed by atoms with van der Waals surface area (Å²) in [4.78, 5) is 19.1. The van der Waals surface area contributed by atoms with Crippen LogP contribution in [0.2, 0.25) is 0 Å². The fraction of sp³-hybridized carbons (Fsp3) is 0.455. The first-order valence-corrected chi connectivity index (χ1v) is 14.7. The lowest BCUT2D eigenvalue weighted by molar-refractivity contribution is -0.892. The smallest absolute Gasteiger partial charge is 0.243 e. The van der Waals surface area contributed by atoms with Crippen LogP contribution in [0.3, 0.4) is 0 Å². The van der Waals surface area contributed by atoms with Gasteiger partial charge in [-0.3, -0.25) is 9.63 Å². The Labute approximate surface area is 244 Å². The van der Waals surface area contributed by atoms with Crippen LogP contribution in [0, 0.1) is 0 Å². The monoisotopic (exact) mass is 562 g/mol. The van der Waals surface area contributed by atoms with E-state index in [0.717, 1.165) is 72.7 Å². The van der Waals surface area contributed by atoms with Crippen LogP contribution in [-0.2, 0) is 20.9 Å². The number of amides is 1. The minimum Gasteiger partial charge on any atom is -0.439 e. The minimum absolute atomic E-state index is 0.0847. The van der Waals surface area contributed by atoms with Gasteiger partial charge in [0.05, 0.1) is 51.3 Å². The van der Waals surface area contributed by atoms with E-state index in [-0.39, 0.29) is 5.91 Å². The second-order valence-electron chi connectivity index (χ2n) is 11.4. The zero-order chi connectivity index (χ0) is 29.1. The summed E-state index contributed by atoms with van der Waals surface area (Å²) in [7, 11) is 8.30. The van der Waals surface area contributed by atoms with Gasteiger partial charge in [-0.05, 0) is 49.4 Å². The Kier molecular flexibility index (Phi) is 11.1. The number of nitrogens with one attached hydrogen (secondary N) is 1. The lowest BCUT2D eigenvalue weighted by Gasteiger charge is -2.29. The van der Waals surface area contributed by atoms with Gasteiger partial charge in [-0.25, -0.2) is 5.48 Å². The molecule has 0 unspecified atom stereocenters. The number of hydroxylamine groups is 1. The average molecular weight is 563 g/mol. The van der Waals surface area contributed by atoms with Crippen LogP contribution >= 0.6 is 0 Å². The predicted molar refractivity (Wildman–Crippen MR) is 163 cm³/mol. The van der Waals surface area contributed by atoms with Crippen LogP contribution < -0.4 is 19.7 Å². The lowest BCUT2D eigenvalue weighted by atomic mass is 10.1. The predicted octanol–water partition coefficient (Wildman–Crippen LogP) is 5.07. The molecule has 0 bridgehead atoms. The molecule has 4 rings (SSSR count). The highest BCUT2D eigenvalue weighted by molar-refractivity contribution is 5.86. The molecular formula is C33H46N4O4+2. The molecule has 0 radical (unpaired) electrons. The highest BCUT2D eigenvalue weighted by atomic mass is 16.6. The molecule has 1 aromatic heterocycles. The number of benzene rings is 2. The molecule has 1 aliphatic rings. The van der Waals surface area contributed by atoms with Gasteiger partial charge < -0.3 is 18.9 Å². The number of rotatable bonds is 16. The molecule has 2 heterocycles. The van der Waals surface area contributed by atoms with Crippen molar-refractivity contribution in [2.75, 3.05) is 59.5 Å². The number of hydrogen-bond donors (Lipinski definition) is 1. The summed E-state index contributed by atoms with van der Waals surface area (Å²) in [5.74, 6) is 1.64. The van der Waals surface area contributed by atoms with Crippen LogP contribution in [0.5, 0.6) is 5.75 Å². The molecule has 3 aromatic rings. The number of carbonyl (C=O) groups excluding carboxylic acids is 1. The number of nitrogens with zero attached hydrogens (tertiary/aromatic N) is 3. The molecule has 0 atom stereocenters. The highest BCUT2D eigenvalue weighted by Crippen LogP contribution is 2.38. The third-order valence-electron chi connectivity index (χ3n) is 7.62. The summed E-state index contributed by atoms with van der Waals surface area (Å²) in [5, 5.41) is 1.22. The number of para-hydroxylation sites is 3. The largest absolute Gasteiger partial charge is 0.439 e. The van der Waals surface area contributed by atoms with E-state index in [1.54, 1.807) is 7.11 Å². The number of quaternary nitrogens is 1. The van der Waals surface area contributed by atoms with Crippen LogP contribution in [0.1, 0.15) is 44.1 Å². The maximum Gasteiger partial charge on any atom is 0.243 e. The molecule has 0 saturated carbocycles. The molecule has 8 heteroatoms. The van der Waals surface area contributed by atoms with Gasteiger partial charge in [-0.2, -0.15) is 4.57 Å². The molecule has 0 fully saturated rings. The molecule has 0 aliphatic carbocycles. The van der Waals surface area contributed by atoms with Crippen molar-refractivity contribution in [1.29, 1.82) is 0 Å². The van der Waals surface area contributed by atoms with Crippen LogP contribution in [0.15, 0.2) is 66.7 Å². The third kappa shape index (κ3) is 8.76. The molecule has 1 aliphatic heterocycles. The van der Waals surface area contributed by atoms with Gasteiger partial charge in [0.25, 0.3) is 0 Å². The molecule has 8 nitrogen and oxygen atoms in total. The summed E-state index contributed by atoms with van der Waals surface area (Å²) in [6.45, 7) is 4.34. The van der Waals surface area contributed by atoms with Crippen LogP contribution in [-0.4, -0.2) is 64.9 Å². The van der Waals surface area contributed by atoms with Crippen molar-refractivity contribution in [3.63, 3.8) is 0 Å². The molecular weight excluding hydrogens is 516 g/mol. The first-order chi connectivity index (χ1) is 19.9. The average Bonchev–Trinajstić information content (AvgIpc) is 3.28. The lowest BCUT2D eigenvalue weighted by Crippen LogP contribution is -2.44. The van der Waals surface area contributed by atoms with Crippen molar-refractivity contribution in [2.24, 2.45) is 0 Å². The third-order valence-corrected chi connectivity index (χ3v) is 7.62. The van der Waals surface area contributed by atoms with Crippen LogP contribution in [0.25, 0.3) is 17.0 Å². The van der Waals surface area contributed by atoms with Crippen LogP contribution in [0.4, 0.5) is 5.69 Å². The van der Waals surface area contributed by atoms with E-state index in [2.05, 4.69) is 77.7 Å². The number of carbonyl (C=O) groups is 1. The number of ether oxygens (including phenoxy) is 2. The van der Waals surface area contributed by atoms with E-state index < -0.39 is 0 Å². The number of pyridine rings is 1. The van der Waals surface area contributed by atoms with Gasteiger partial charge in [-0.1, -0.05) is 24.3 Å². The van der Waals surface area contributed by atoms with Crippen molar-refractivity contribution >= 4 is 28.6 Å². The molecule has 0 saturated heterocycles. The standard InChI is InChI=1S/C33H45N4O4/c1-35-30-16-8-9-17-31(30)41-33(35)26-27-19-21-36(29-15-7-6-14-28(27)29)20-13-23-37(2,3)22-10-5-11-25-40-34-32(38)18-12-24-39-4/h6-9,14-17,19,21,26H,5,10-13,18,20,22-25H2,1-4H3/q+1/p+1. The van der Waals surface area contributed by atoms with Gasteiger partial charge in [-0.15, -0.1) is 0 Å². The second kappa shape index (κ2) is 15.0. The summed E-state index contributed by atoms with van der Waals surface area (Å²) < 4.78 is 14.5. The van der Waals surface area contributed by atoms with E-state index in [9.17, 15) is 4.79 Å².